The molecule has 4 nitrogen and oxygen atoms in total. The van der Waals surface area contributed by atoms with E-state index < -0.39 is 0 Å². The number of hydrogen-bond donors (Lipinski definition) is 0. The Morgan fingerprint density at radius 1 is 0.250 bits per heavy atom. The first-order valence-corrected chi connectivity index (χ1v) is 20.4. The number of fused-ring (bicyclic) bond motifs is 7. The Morgan fingerprint density at radius 2 is 0.667 bits per heavy atom. The maximum atomic E-state index is 5.49. The average Bonchev–Trinajstić information content (AvgIpc) is 3.83. The summed E-state index contributed by atoms with van der Waals surface area (Å²) in [6, 6.07) is 77.8. The van der Waals surface area contributed by atoms with E-state index in [0.29, 0.717) is 0 Å². The lowest BCUT2D eigenvalue weighted by Gasteiger charge is -2.14. The van der Waals surface area contributed by atoms with Crippen molar-refractivity contribution in [2.24, 2.45) is 0 Å². The second-order valence-corrected chi connectivity index (χ2v) is 15.4. The first-order valence-electron chi connectivity index (χ1n) is 20.4. The lowest BCUT2D eigenvalue weighted by molar-refractivity contribution is 1.16. The van der Waals surface area contributed by atoms with Crippen LogP contribution in [0.25, 0.3) is 111 Å². The quantitative estimate of drug-likeness (QED) is 0.169. The molecule has 0 aliphatic rings. The fourth-order valence-corrected chi connectivity index (χ4v) is 9.05. The standard InChI is InChI=1S/C56H36N4/c1-4-14-37(15-5-1)39-24-28-41(29-25-39)55-56(42-30-26-40(27-31-42)38-16-6-2-7-17-38)58-50-34-44(32-33-49(50)57-55)60-52-23-13-11-21-46(52)48-35-47-45-20-10-12-22-51(45)59(53(47)36-54(48)60)43-18-8-3-9-19-43/h1-36H. The van der Waals surface area contributed by atoms with E-state index in [2.05, 4.69) is 228 Å². The minimum atomic E-state index is 0.838. The third-order valence-corrected chi connectivity index (χ3v) is 11.9. The summed E-state index contributed by atoms with van der Waals surface area (Å²) in [6.07, 6.45) is 0. The molecule has 12 aromatic rings. The topological polar surface area (TPSA) is 35.6 Å². The Balaban J connectivity index is 1.06. The summed E-state index contributed by atoms with van der Waals surface area (Å²) in [5.74, 6) is 0. The molecular formula is C56H36N4. The Hall–Kier alpha value is -8.08. The molecule has 3 heterocycles. The summed E-state index contributed by atoms with van der Waals surface area (Å²) in [5.41, 5.74) is 17.0. The van der Waals surface area contributed by atoms with Crippen LogP contribution in [0, 0.1) is 0 Å². The van der Waals surface area contributed by atoms with Crippen molar-refractivity contribution in [3.05, 3.63) is 218 Å². The van der Waals surface area contributed by atoms with Gasteiger partial charge in [-0.1, -0.05) is 164 Å². The van der Waals surface area contributed by atoms with Crippen LogP contribution in [0.2, 0.25) is 0 Å². The molecule has 0 saturated heterocycles. The Morgan fingerprint density at radius 3 is 1.20 bits per heavy atom. The third-order valence-electron chi connectivity index (χ3n) is 11.9. The van der Waals surface area contributed by atoms with Crippen LogP contribution in [0.5, 0.6) is 0 Å². The van der Waals surface area contributed by atoms with Crippen LogP contribution in [-0.4, -0.2) is 19.1 Å². The molecule has 0 amide bonds. The molecular weight excluding hydrogens is 729 g/mol. The molecule has 9 aromatic carbocycles. The second-order valence-electron chi connectivity index (χ2n) is 15.4. The van der Waals surface area contributed by atoms with Crippen molar-refractivity contribution < 1.29 is 0 Å². The highest BCUT2D eigenvalue weighted by molar-refractivity contribution is 6.19. The van der Waals surface area contributed by atoms with Gasteiger partial charge in [0.15, 0.2) is 0 Å². The molecule has 0 unspecified atom stereocenters. The van der Waals surface area contributed by atoms with Gasteiger partial charge >= 0.3 is 0 Å². The number of hydrogen-bond acceptors (Lipinski definition) is 2. The molecule has 0 aliphatic carbocycles. The normalized spacial score (nSPS) is 11.7. The Labute approximate surface area is 346 Å². The van der Waals surface area contributed by atoms with Crippen molar-refractivity contribution in [1.29, 1.82) is 0 Å². The minimum absolute atomic E-state index is 0.838. The van der Waals surface area contributed by atoms with Gasteiger partial charge in [0.1, 0.15) is 0 Å². The van der Waals surface area contributed by atoms with Crippen molar-refractivity contribution in [2.45, 2.75) is 0 Å². The number of benzene rings is 9. The third kappa shape index (κ3) is 5.53. The molecule has 0 spiro atoms. The second kappa shape index (κ2) is 13.8. The van der Waals surface area contributed by atoms with E-state index in [1.165, 1.54) is 49.3 Å². The van der Waals surface area contributed by atoms with Gasteiger partial charge < -0.3 is 9.13 Å². The van der Waals surface area contributed by atoms with Gasteiger partial charge in [-0.25, -0.2) is 9.97 Å². The Bertz CT molecular complexity index is 3550. The van der Waals surface area contributed by atoms with E-state index in [1.54, 1.807) is 0 Å². The van der Waals surface area contributed by atoms with Crippen LogP contribution in [0.3, 0.4) is 0 Å². The summed E-state index contributed by atoms with van der Waals surface area (Å²) in [5, 5.41) is 4.91. The highest BCUT2D eigenvalue weighted by Gasteiger charge is 2.20. The Kier molecular flexibility index (Phi) is 7.82. The van der Waals surface area contributed by atoms with E-state index >= 15 is 0 Å². The minimum Gasteiger partial charge on any atom is -0.309 e. The van der Waals surface area contributed by atoms with Crippen LogP contribution < -0.4 is 0 Å². The molecule has 12 rings (SSSR count). The molecule has 0 fully saturated rings. The fourth-order valence-electron chi connectivity index (χ4n) is 9.05. The van der Waals surface area contributed by atoms with Crippen molar-refractivity contribution >= 4 is 54.6 Å². The van der Waals surface area contributed by atoms with Gasteiger partial charge in [-0.15, -0.1) is 0 Å². The van der Waals surface area contributed by atoms with E-state index in [9.17, 15) is 0 Å². The predicted octanol–water partition coefficient (Wildman–Crippen LogP) is 14.5. The molecule has 0 radical (unpaired) electrons. The summed E-state index contributed by atoms with van der Waals surface area (Å²) in [4.78, 5) is 10.9. The molecule has 3 aromatic heterocycles. The molecule has 4 heteroatoms. The van der Waals surface area contributed by atoms with Gasteiger partial charge in [-0.3, -0.25) is 0 Å². The van der Waals surface area contributed by atoms with Gasteiger partial charge in [0.25, 0.3) is 0 Å². The highest BCUT2D eigenvalue weighted by Crippen LogP contribution is 2.40. The van der Waals surface area contributed by atoms with E-state index in [0.717, 1.165) is 61.5 Å². The predicted molar refractivity (Wildman–Crippen MR) is 250 cm³/mol. The van der Waals surface area contributed by atoms with Crippen molar-refractivity contribution in [3.8, 4) is 56.1 Å². The molecule has 0 saturated carbocycles. The van der Waals surface area contributed by atoms with Crippen LogP contribution >= 0.6 is 0 Å². The monoisotopic (exact) mass is 764 g/mol. The van der Waals surface area contributed by atoms with Crippen LogP contribution in [0.1, 0.15) is 0 Å². The SMILES string of the molecule is c1ccc(-c2ccc(-c3nc4ccc(-n5c6ccccc6c6cc7c8ccccc8n(-c8ccccc8)c7cc65)cc4nc3-c3ccc(-c4ccccc4)cc3)cc2)cc1. The van der Waals surface area contributed by atoms with Gasteiger partial charge in [0.05, 0.1) is 44.5 Å². The van der Waals surface area contributed by atoms with Gasteiger partial charge in [0.2, 0.25) is 0 Å². The summed E-state index contributed by atoms with van der Waals surface area (Å²) >= 11 is 0. The van der Waals surface area contributed by atoms with Crippen molar-refractivity contribution in [2.75, 3.05) is 0 Å². The first kappa shape index (κ1) is 34.0. The maximum Gasteiger partial charge on any atom is 0.0973 e. The zero-order valence-electron chi connectivity index (χ0n) is 32.6. The first-order chi connectivity index (χ1) is 29.7. The smallest absolute Gasteiger partial charge is 0.0973 e. The van der Waals surface area contributed by atoms with Crippen LogP contribution in [0.4, 0.5) is 0 Å². The molecule has 0 bridgehead atoms. The summed E-state index contributed by atoms with van der Waals surface area (Å²) < 4.78 is 4.78. The lowest BCUT2D eigenvalue weighted by atomic mass is 9.98. The van der Waals surface area contributed by atoms with Crippen molar-refractivity contribution in [1.82, 2.24) is 19.1 Å². The molecule has 60 heavy (non-hydrogen) atoms. The zero-order valence-corrected chi connectivity index (χ0v) is 32.6. The van der Waals surface area contributed by atoms with Crippen LogP contribution in [0.15, 0.2) is 218 Å². The largest absolute Gasteiger partial charge is 0.309 e. The lowest BCUT2D eigenvalue weighted by Crippen LogP contribution is -1.99. The average molecular weight is 765 g/mol. The van der Waals surface area contributed by atoms with E-state index in [1.807, 2.05) is 0 Å². The van der Waals surface area contributed by atoms with Crippen LogP contribution in [-0.2, 0) is 0 Å². The summed E-state index contributed by atoms with van der Waals surface area (Å²) in [7, 11) is 0. The highest BCUT2D eigenvalue weighted by atomic mass is 15.0. The summed E-state index contributed by atoms with van der Waals surface area (Å²) in [6.45, 7) is 0. The molecule has 0 N–H and O–H groups in total. The number of para-hydroxylation sites is 3. The zero-order chi connectivity index (χ0) is 39.6. The number of nitrogens with zero attached hydrogens (tertiary/aromatic N) is 4. The fraction of sp³-hybridized carbons (Fsp3) is 0. The van der Waals surface area contributed by atoms with E-state index in [-0.39, 0.29) is 0 Å². The number of rotatable bonds is 6. The van der Waals surface area contributed by atoms with E-state index in [4.69, 9.17) is 9.97 Å². The van der Waals surface area contributed by atoms with Gasteiger partial charge in [-0.2, -0.15) is 0 Å². The molecule has 0 atom stereocenters. The molecule has 280 valence electrons. The van der Waals surface area contributed by atoms with Gasteiger partial charge in [-0.05, 0) is 76.9 Å². The maximum absolute atomic E-state index is 5.49. The number of aromatic nitrogens is 4. The van der Waals surface area contributed by atoms with Crippen molar-refractivity contribution in [3.63, 3.8) is 0 Å². The van der Waals surface area contributed by atoms with Gasteiger partial charge in [0, 0.05) is 44.0 Å². The molecule has 0 aliphatic heterocycles.